The van der Waals surface area contributed by atoms with E-state index in [1.165, 1.54) is 27.9 Å². The number of thiophene rings is 2. The number of esters is 1. The molecule has 30 heavy (non-hydrogen) atoms. The Morgan fingerprint density at radius 2 is 1.70 bits per heavy atom. The van der Waals surface area contributed by atoms with Gasteiger partial charge in [-0.1, -0.05) is 60.7 Å². The van der Waals surface area contributed by atoms with Crippen molar-refractivity contribution in [3.8, 4) is 0 Å². The second kappa shape index (κ2) is 7.88. The molecular formula is C25H19O2PS2. The maximum absolute atomic E-state index is 13.3. The molecular weight excluding hydrogens is 427 g/mol. The fraction of sp³-hybridized carbons (Fsp3) is 0.0400. The molecule has 0 spiro atoms. The van der Waals surface area contributed by atoms with Crippen molar-refractivity contribution in [2.75, 3.05) is 7.11 Å². The minimum atomic E-state index is -2.37. The lowest BCUT2D eigenvalue weighted by atomic mass is 9.98. The number of rotatable bonds is 4. The van der Waals surface area contributed by atoms with Crippen LogP contribution in [-0.2, 0) is 9.53 Å². The standard InChI is InChI=1S/C25H19O2PS2/c1-27-25(26)23-16-21(18-13-15-29-17-18)20-10-5-6-11-22(20)28(23,24-12-7-14-30-24)19-8-3-2-4-9-19/h2-17H,1H3. The highest BCUT2D eigenvalue weighted by Gasteiger charge is 2.38. The van der Waals surface area contributed by atoms with Crippen LogP contribution in [0.1, 0.15) is 11.1 Å². The van der Waals surface area contributed by atoms with Gasteiger partial charge in [-0.25, -0.2) is 4.79 Å². The number of fused-ring (bicyclic) bond motifs is 1. The summed E-state index contributed by atoms with van der Waals surface area (Å²) < 4.78 is 6.57. The van der Waals surface area contributed by atoms with Crippen LogP contribution in [0.25, 0.3) is 5.57 Å². The zero-order chi connectivity index (χ0) is 20.6. The quantitative estimate of drug-likeness (QED) is 0.329. The van der Waals surface area contributed by atoms with Gasteiger partial charge in [0.05, 0.1) is 12.4 Å². The van der Waals surface area contributed by atoms with Gasteiger partial charge < -0.3 is 4.74 Å². The lowest BCUT2D eigenvalue weighted by molar-refractivity contribution is -0.132. The maximum atomic E-state index is 13.3. The third kappa shape index (κ3) is 2.87. The number of ether oxygens (including phenoxy) is 1. The van der Waals surface area contributed by atoms with Crippen LogP contribution in [0.3, 0.4) is 0 Å². The number of methoxy groups -OCH3 is 1. The topological polar surface area (TPSA) is 26.3 Å². The van der Waals surface area contributed by atoms with E-state index in [9.17, 15) is 4.79 Å². The Labute approximate surface area is 184 Å². The van der Waals surface area contributed by atoms with Crippen molar-refractivity contribution >= 4 is 61.6 Å². The minimum absolute atomic E-state index is 0.261. The van der Waals surface area contributed by atoms with Crippen molar-refractivity contribution in [1.29, 1.82) is 0 Å². The van der Waals surface area contributed by atoms with Crippen LogP contribution in [0.15, 0.2) is 95.0 Å². The van der Waals surface area contributed by atoms with Crippen molar-refractivity contribution in [3.63, 3.8) is 0 Å². The molecule has 2 aromatic carbocycles. The normalized spacial score (nSPS) is 17.9. The average Bonchev–Trinajstić information content (AvgIpc) is 3.53. The molecule has 0 bridgehead atoms. The van der Waals surface area contributed by atoms with Crippen LogP contribution in [0, 0.1) is 0 Å². The van der Waals surface area contributed by atoms with E-state index in [0.717, 1.165) is 16.4 Å². The average molecular weight is 447 g/mol. The molecule has 5 heteroatoms. The smallest absolute Gasteiger partial charge is 0.338 e. The van der Waals surface area contributed by atoms with Gasteiger partial charge in [0.1, 0.15) is 0 Å². The van der Waals surface area contributed by atoms with Gasteiger partial charge in [0, 0.05) is 11.5 Å². The number of carbonyl (C=O) groups excluding carboxylic acids is 1. The molecule has 2 aromatic heterocycles. The number of carbonyl (C=O) groups is 1. The molecule has 148 valence electrons. The predicted octanol–water partition coefficient (Wildman–Crippen LogP) is 4.89. The zero-order valence-electron chi connectivity index (χ0n) is 16.3. The molecule has 1 aliphatic rings. The van der Waals surface area contributed by atoms with Gasteiger partial charge in [0.2, 0.25) is 0 Å². The molecule has 1 unspecified atom stereocenters. The van der Waals surface area contributed by atoms with E-state index in [2.05, 4.69) is 88.9 Å². The predicted molar refractivity (Wildman–Crippen MR) is 131 cm³/mol. The highest BCUT2D eigenvalue weighted by Crippen LogP contribution is 2.52. The van der Waals surface area contributed by atoms with Crippen LogP contribution in [0.4, 0.5) is 0 Å². The molecule has 5 rings (SSSR count). The fourth-order valence-electron chi connectivity index (χ4n) is 4.15. The van der Waals surface area contributed by atoms with Crippen LogP contribution >= 0.6 is 29.6 Å². The van der Waals surface area contributed by atoms with Gasteiger partial charge in [0.15, 0.2) is 0 Å². The van der Waals surface area contributed by atoms with Crippen LogP contribution in [0.5, 0.6) is 0 Å². The summed E-state index contributed by atoms with van der Waals surface area (Å²) in [6.45, 7) is -2.37. The molecule has 0 fully saturated rings. The molecule has 1 atom stereocenters. The molecule has 1 aliphatic heterocycles. The monoisotopic (exact) mass is 446 g/mol. The first-order valence-corrected chi connectivity index (χ1v) is 13.2. The summed E-state index contributed by atoms with van der Waals surface area (Å²) >= 11 is 3.37. The molecule has 0 radical (unpaired) electrons. The van der Waals surface area contributed by atoms with Crippen LogP contribution < -0.4 is 15.2 Å². The summed E-state index contributed by atoms with van der Waals surface area (Å²) in [5.74, 6) is -0.261. The van der Waals surface area contributed by atoms with E-state index in [-0.39, 0.29) is 5.97 Å². The third-order valence-electron chi connectivity index (χ3n) is 5.40. The van der Waals surface area contributed by atoms with Crippen molar-refractivity contribution in [1.82, 2.24) is 0 Å². The van der Waals surface area contributed by atoms with Crippen molar-refractivity contribution in [3.05, 3.63) is 106 Å². The summed E-state index contributed by atoms with van der Waals surface area (Å²) in [6, 6.07) is 25.3. The first-order chi connectivity index (χ1) is 14.8. The highest BCUT2D eigenvalue weighted by atomic mass is 32.1. The Bertz CT molecular complexity index is 1280. The van der Waals surface area contributed by atoms with E-state index in [4.69, 9.17) is 4.74 Å². The second-order valence-corrected chi connectivity index (χ2v) is 12.3. The van der Waals surface area contributed by atoms with Crippen molar-refractivity contribution in [2.24, 2.45) is 0 Å². The Morgan fingerprint density at radius 3 is 2.40 bits per heavy atom. The molecule has 0 amide bonds. The molecule has 4 aromatic rings. The Balaban J connectivity index is 2.02. The van der Waals surface area contributed by atoms with Crippen LogP contribution in [-0.4, -0.2) is 18.4 Å². The molecule has 3 heterocycles. The van der Waals surface area contributed by atoms with E-state index < -0.39 is 6.89 Å². The van der Waals surface area contributed by atoms with Gasteiger partial charge in [0.25, 0.3) is 0 Å². The highest BCUT2D eigenvalue weighted by molar-refractivity contribution is 7.99. The molecule has 0 saturated carbocycles. The van der Waals surface area contributed by atoms with E-state index in [1.807, 2.05) is 6.07 Å². The van der Waals surface area contributed by atoms with Gasteiger partial charge in [-0.15, -0.1) is 11.3 Å². The zero-order valence-corrected chi connectivity index (χ0v) is 18.8. The van der Waals surface area contributed by atoms with Gasteiger partial charge in [-0.2, -0.15) is 11.3 Å². The van der Waals surface area contributed by atoms with Crippen molar-refractivity contribution < 1.29 is 9.53 Å². The second-order valence-electron chi connectivity index (χ2n) is 6.92. The number of hydrogen-bond acceptors (Lipinski definition) is 4. The molecule has 0 aliphatic carbocycles. The largest absolute Gasteiger partial charge is 0.465 e. The Kier molecular flexibility index (Phi) is 5.08. The van der Waals surface area contributed by atoms with Gasteiger partial charge in [-0.3, -0.25) is 0 Å². The third-order valence-corrected chi connectivity index (χ3v) is 11.9. The fourth-order valence-corrected chi connectivity index (χ4v) is 11.0. The summed E-state index contributed by atoms with van der Waals surface area (Å²) in [4.78, 5) is 13.3. The Hall–Kier alpha value is -2.65. The first-order valence-electron chi connectivity index (χ1n) is 9.55. The summed E-state index contributed by atoms with van der Waals surface area (Å²) in [5, 5.41) is 9.43. The lowest BCUT2D eigenvalue weighted by Gasteiger charge is -2.34. The van der Waals surface area contributed by atoms with E-state index in [1.54, 1.807) is 22.7 Å². The van der Waals surface area contributed by atoms with E-state index in [0.29, 0.717) is 0 Å². The number of hydrogen-bond donors (Lipinski definition) is 0. The summed E-state index contributed by atoms with van der Waals surface area (Å²) in [6.07, 6.45) is 2.08. The minimum Gasteiger partial charge on any atom is -0.465 e. The molecule has 0 saturated heterocycles. The lowest BCUT2D eigenvalue weighted by Crippen LogP contribution is -2.36. The van der Waals surface area contributed by atoms with Gasteiger partial charge >= 0.3 is 5.97 Å². The first kappa shape index (κ1) is 19.3. The van der Waals surface area contributed by atoms with Gasteiger partial charge in [-0.05, 0) is 61.7 Å². The summed E-state index contributed by atoms with van der Waals surface area (Å²) in [7, 11) is 1.47. The molecule has 0 N–H and O–H groups in total. The molecule has 2 nitrogen and oxygen atoms in total. The Morgan fingerprint density at radius 1 is 0.900 bits per heavy atom. The number of benzene rings is 2. The maximum Gasteiger partial charge on any atom is 0.338 e. The van der Waals surface area contributed by atoms with Crippen LogP contribution in [0.2, 0.25) is 0 Å². The van der Waals surface area contributed by atoms with Crippen molar-refractivity contribution in [2.45, 2.75) is 0 Å². The van der Waals surface area contributed by atoms with E-state index >= 15 is 0 Å². The SMILES string of the molecule is COC(=O)C1=P(c2ccccc2)(c2cccs2)c2ccccc2C(c2ccsc2)=C1. The summed E-state index contributed by atoms with van der Waals surface area (Å²) in [5.41, 5.74) is 3.40.